The van der Waals surface area contributed by atoms with Crippen molar-refractivity contribution in [3.63, 3.8) is 0 Å². The standard InChI is InChI=1S/C15H17FN2O3S/c1-20-14-11(6-10(8-19)7-12(14)16)13-9-22-15(17-13)18-2-4-21-5-3-18/h6-7,9,19H,2-5,8H2,1H3. The second kappa shape index (κ2) is 6.60. The average molecular weight is 324 g/mol. The fraction of sp³-hybridized carbons (Fsp3) is 0.400. The Bertz CT molecular complexity index is 656. The first-order valence-electron chi connectivity index (χ1n) is 6.98. The second-order valence-electron chi connectivity index (χ2n) is 4.93. The van der Waals surface area contributed by atoms with E-state index in [1.54, 1.807) is 6.07 Å². The number of halogens is 1. The summed E-state index contributed by atoms with van der Waals surface area (Å²) in [4.78, 5) is 6.74. The minimum absolute atomic E-state index is 0.149. The molecule has 2 heterocycles. The highest BCUT2D eigenvalue weighted by Gasteiger charge is 2.19. The van der Waals surface area contributed by atoms with Gasteiger partial charge in [0.1, 0.15) is 0 Å². The molecule has 1 aromatic heterocycles. The molecule has 0 saturated carbocycles. The summed E-state index contributed by atoms with van der Waals surface area (Å²) in [6.07, 6.45) is 0. The van der Waals surface area contributed by atoms with Crippen LogP contribution >= 0.6 is 11.3 Å². The minimum atomic E-state index is -0.495. The van der Waals surface area contributed by atoms with Crippen LogP contribution in [0.3, 0.4) is 0 Å². The molecule has 3 rings (SSSR count). The molecule has 5 nitrogen and oxygen atoms in total. The Hall–Kier alpha value is -1.70. The van der Waals surface area contributed by atoms with Gasteiger partial charge in [0.25, 0.3) is 0 Å². The van der Waals surface area contributed by atoms with Crippen LogP contribution in [0.2, 0.25) is 0 Å². The summed E-state index contributed by atoms with van der Waals surface area (Å²) >= 11 is 1.51. The van der Waals surface area contributed by atoms with Crippen LogP contribution in [0.15, 0.2) is 17.5 Å². The number of hydrogen-bond acceptors (Lipinski definition) is 6. The molecule has 1 aromatic carbocycles. The van der Waals surface area contributed by atoms with Crippen LogP contribution in [-0.4, -0.2) is 43.5 Å². The van der Waals surface area contributed by atoms with Gasteiger partial charge in [-0.25, -0.2) is 9.37 Å². The molecular weight excluding hydrogens is 307 g/mol. The Labute approximate surface area is 131 Å². The second-order valence-corrected chi connectivity index (χ2v) is 5.77. The van der Waals surface area contributed by atoms with Gasteiger partial charge in [-0.3, -0.25) is 0 Å². The van der Waals surface area contributed by atoms with Gasteiger partial charge in [0.15, 0.2) is 16.7 Å². The summed E-state index contributed by atoms with van der Waals surface area (Å²) in [5.74, 6) is -0.346. The van der Waals surface area contributed by atoms with E-state index in [1.165, 1.54) is 24.5 Å². The molecule has 0 atom stereocenters. The number of aliphatic hydroxyl groups excluding tert-OH is 1. The first-order valence-corrected chi connectivity index (χ1v) is 7.86. The third-order valence-corrected chi connectivity index (χ3v) is 4.44. The minimum Gasteiger partial charge on any atom is -0.493 e. The summed E-state index contributed by atoms with van der Waals surface area (Å²) < 4.78 is 24.5. The van der Waals surface area contributed by atoms with E-state index in [2.05, 4.69) is 9.88 Å². The zero-order valence-electron chi connectivity index (χ0n) is 12.2. The van der Waals surface area contributed by atoms with Crippen molar-refractivity contribution < 1.29 is 19.0 Å². The molecule has 7 heteroatoms. The van der Waals surface area contributed by atoms with Gasteiger partial charge in [-0.15, -0.1) is 11.3 Å². The van der Waals surface area contributed by atoms with Crippen molar-refractivity contribution in [1.29, 1.82) is 0 Å². The Morgan fingerprint density at radius 2 is 2.18 bits per heavy atom. The Morgan fingerprint density at radius 1 is 1.41 bits per heavy atom. The van der Waals surface area contributed by atoms with Crippen LogP contribution in [0.5, 0.6) is 5.75 Å². The smallest absolute Gasteiger partial charge is 0.186 e. The van der Waals surface area contributed by atoms with Crippen LogP contribution < -0.4 is 9.64 Å². The maximum Gasteiger partial charge on any atom is 0.186 e. The Kier molecular flexibility index (Phi) is 4.56. The molecule has 1 aliphatic rings. The molecule has 1 N–H and O–H groups in total. The third kappa shape index (κ3) is 2.92. The summed E-state index contributed by atoms with van der Waals surface area (Å²) in [5.41, 5.74) is 1.70. The lowest BCUT2D eigenvalue weighted by Gasteiger charge is -2.26. The molecular formula is C15H17FN2O3S. The third-order valence-electron chi connectivity index (χ3n) is 3.54. The molecule has 1 aliphatic heterocycles. The number of rotatable bonds is 4. The zero-order valence-corrected chi connectivity index (χ0v) is 13.0. The number of aromatic nitrogens is 1. The molecule has 0 aliphatic carbocycles. The van der Waals surface area contributed by atoms with Gasteiger partial charge in [0, 0.05) is 24.0 Å². The summed E-state index contributed by atoms with van der Waals surface area (Å²) in [7, 11) is 1.43. The Morgan fingerprint density at radius 3 is 2.86 bits per heavy atom. The van der Waals surface area contributed by atoms with Crippen molar-refractivity contribution in [2.75, 3.05) is 38.3 Å². The van der Waals surface area contributed by atoms with Crippen LogP contribution in [0.1, 0.15) is 5.56 Å². The first-order chi connectivity index (χ1) is 10.7. The van der Waals surface area contributed by atoms with Crippen molar-refractivity contribution in [3.05, 3.63) is 28.9 Å². The van der Waals surface area contributed by atoms with E-state index in [1.807, 2.05) is 5.38 Å². The van der Waals surface area contributed by atoms with Crippen molar-refractivity contribution >= 4 is 16.5 Å². The highest BCUT2D eigenvalue weighted by atomic mass is 32.1. The van der Waals surface area contributed by atoms with E-state index < -0.39 is 5.82 Å². The predicted octanol–water partition coefficient (Wildman–Crippen LogP) is 2.29. The molecule has 1 saturated heterocycles. The lowest BCUT2D eigenvalue weighted by atomic mass is 10.1. The van der Waals surface area contributed by atoms with Crippen molar-refractivity contribution in [1.82, 2.24) is 4.98 Å². The number of morpholine rings is 1. The van der Waals surface area contributed by atoms with Gasteiger partial charge in [-0.1, -0.05) is 0 Å². The van der Waals surface area contributed by atoms with E-state index in [9.17, 15) is 9.50 Å². The Balaban J connectivity index is 1.96. The van der Waals surface area contributed by atoms with Crippen molar-refractivity contribution in [2.24, 2.45) is 0 Å². The fourth-order valence-electron chi connectivity index (χ4n) is 2.43. The van der Waals surface area contributed by atoms with Crippen LogP contribution in [-0.2, 0) is 11.3 Å². The molecule has 0 radical (unpaired) electrons. The highest BCUT2D eigenvalue weighted by Crippen LogP contribution is 2.36. The lowest BCUT2D eigenvalue weighted by Crippen LogP contribution is -2.36. The highest BCUT2D eigenvalue weighted by molar-refractivity contribution is 7.14. The topological polar surface area (TPSA) is 54.8 Å². The quantitative estimate of drug-likeness (QED) is 0.935. The van der Waals surface area contributed by atoms with Gasteiger partial charge in [0.2, 0.25) is 0 Å². The molecule has 0 spiro atoms. The largest absolute Gasteiger partial charge is 0.493 e. The molecule has 118 valence electrons. The predicted molar refractivity (Wildman–Crippen MR) is 83.0 cm³/mol. The normalized spacial score (nSPS) is 15.1. The van der Waals surface area contributed by atoms with Crippen molar-refractivity contribution in [2.45, 2.75) is 6.61 Å². The van der Waals surface area contributed by atoms with Crippen LogP contribution in [0, 0.1) is 5.82 Å². The SMILES string of the molecule is COc1c(F)cc(CO)cc1-c1csc(N2CCOCC2)n1. The number of hydrogen-bond donors (Lipinski definition) is 1. The lowest BCUT2D eigenvalue weighted by molar-refractivity contribution is 0.122. The van der Waals surface area contributed by atoms with E-state index in [0.717, 1.165) is 18.2 Å². The molecule has 0 amide bonds. The summed E-state index contributed by atoms with van der Waals surface area (Å²) in [6.45, 7) is 2.75. The monoisotopic (exact) mass is 324 g/mol. The number of nitrogens with zero attached hydrogens (tertiary/aromatic N) is 2. The number of aliphatic hydroxyl groups is 1. The molecule has 0 unspecified atom stereocenters. The first kappa shape index (κ1) is 15.2. The molecule has 1 fully saturated rings. The van der Waals surface area contributed by atoms with Gasteiger partial charge in [-0.05, 0) is 17.7 Å². The summed E-state index contributed by atoms with van der Waals surface area (Å²) in [5, 5.41) is 12.0. The average Bonchev–Trinajstić information content (AvgIpc) is 3.04. The number of ether oxygens (including phenoxy) is 2. The van der Waals surface area contributed by atoms with E-state index in [4.69, 9.17) is 9.47 Å². The van der Waals surface area contributed by atoms with Crippen molar-refractivity contribution in [3.8, 4) is 17.0 Å². The van der Waals surface area contributed by atoms with Gasteiger partial charge < -0.3 is 19.5 Å². The number of thiazole rings is 1. The van der Waals surface area contributed by atoms with Gasteiger partial charge >= 0.3 is 0 Å². The van der Waals surface area contributed by atoms with E-state index in [-0.39, 0.29) is 12.4 Å². The zero-order chi connectivity index (χ0) is 15.5. The van der Waals surface area contributed by atoms with Gasteiger partial charge in [0.05, 0.1) is 32.6 Å². The van der Waals surface area contributed by atoms with Crippen LogP contribution in [0.25, 0.3) is 11.3 Å². The molecule has 0 bridgehead atoms. The summed E-state index contributed by atoms with van der Waals surface area (Å²) in [6, 6.07) is 2.98. The van der Waals surface area contributed by atoms with Crippen LogP contribution in [0.4, 0.5) is 9.52 Å². The maximum atomic E-state index is 14.1. The molecule has 2 aromatic rings. The van der Waals surface area contributed by atoms with E-state index >= 15 is 0 Å². The van der Waals surface area contributed by atoms with Gasteiger partial charge in [-0.2, -0.15) is 0 Å². The number of benzene rings is 1. The maximum absolute atomic E-state index is 14.1. The van der Waals surface area contributed by atoms with E-state index in [0.29, 0.717) is 30.0 Å². The fourth-order valence-corrected chi connectivity index (χ4v) is 3.31. The number of anilines is 1. The number of methoxy groups -OCH3 is 1. The molecule has 22 heavy (non-hydrogen) atoms.